The Morgan fingerprint density at radius 3 is 1.60 bits per heavy atom. The molecule has 4 atom stereocenters. The fourth-order valence-electron chi connectivity index (χ4n) is 3.35. The quantitative estimate of drug-likeness (QED) is 0.640. The normalized spacial score (nSPS) is 42.8. The van der Waals surface area contributed by atoms with Crippen molar-refractivity contribution < 1.29 is 8.78 Å². The average Bonchev–Trinajstić information content (AvgIpc) is 2.17. The highest BCUT2D eigenvalue weighted by Gasteiger charge is 2.27. The van der Waals surface area contributed by atoms with E-state index in [2.05, 4.69) is 0 Å². The lowest BCUT2D eigenvalue weighted by Gasteiger charge is -2.31. The van der Waals surface area contributed by atoms with Crippen molar-refractivity contribution in [2.75, 3.05) is 0 Å². The molecule has 2 aliphatic rings. The van der Waals surface area contributed by atoms with Gasteiger partial charge in [-0.3, -0.25) is 0 Å². The molecule has 0 bridgehead atoms. The summed E-state index contributed by atoms with van der Waals surface area (Å²) in [5.74, 6) is 1.09. The molecule has 0 spiro atoms. The molecule has 0 saturated heterocycles. The first-order valence-corrected chi connectivity index (χ1v) is 6.52. The van der Waals surface area contributed by atoms with Crippen LogP contribution in [0, 0.1) is 11.8 Å². The van der Waals surface area contributed by atoms with E-state index in [0.717, 1.165) is 44.9 Å². The standard InChI is InChI=1S/C13H22F2/c14-12-5-1-3-10(8-12)7-11-4-2-6-13(15)9-11/h10-13H,1-9H2. The van der Waals surface area contributed by atoms with E-state index in [9.17, 15) is 8.78 Å². The van der Waals surface area contributed by atoms with Crippen LogP contribution in [0.25, 0.3) is 0 Å². The first-order chi connectivity index (χ1) is 7.24. The van der Waals surface area contributed by atoms with Crippen molar-refractivity contribution >= 4 is 0 Å². The summed E-state index contributed by atoms with van der Waals surface area (Å²) in [6.45, 7) is 0. The second-order valence-electron chi connectivity index (χ2n) is 5.50. The molecule has 2 heteroatoms. The third-order valence-corrected chi connectivity index (χ3v) is 4.10. The van der Waals surface area contributed by atoms with Crippen LogP contribution in [0.3, 0.4) is 0 Å². The van der Waals surface area contributed by atoms with Crippen LogP contribution in [0.15, 0.2) is 0 Å². The van der Waals surface area contributed by atoms with Crippen molar-refractivity contribution in [2.45, 2.75) is 70.1 Å². The van der Waals surface area contributed by atoms with Crippen LogP contribution < -0.4 is 0 Å². The Morgan fingerprint density at radius 2 is 1.20 bits per heavy atom. The highest BCUT2D eigenvalue weighted by Crippen LogP contribution is 2.36. The molecule has 0 nitrogen and oxygen atoms in total. The van der Waals surface area contributed by atoms with E-state index in [-0.39, 0.29) is 0 Å². The summed E-state index contributed by atoms with van der Waals surface area (Å²) in [6.07, 6.45) is 7.36. The van der Waals surface area contributed by atoms with Gasteiger partial charge in [0.15, 0.2) is 0 Å². The van der Waals surface area contributed by atoms with Gasteiger partial charge >= 0.3 is 0 Å². The lowest BCUT2D eigenvalue weighted by Crippen LogP contribution is -2.23. The summed E-state index contributed by atoms with van der Waals surface area (Å²) in [6, 6.07) is 0. The second kappa shape index (κ2) is 5.27. The van der Waals surface area contributed by atoms with Gasteiger partial charge in [0, 0.05) is 0 Å². The van der Waals surface area contributed by atoms with Gasteiger partial charge in [0.1, 0.15) is 12.3 Å². The molecular weight excluding hydrogens is 194 g/mol. The Hall–Kier alpha value is -0.140. The van der Waals surface area contributed by atoms with Crippen molar-refractivity contribution in [1.29, 1.82) is 0 Å². The van der Waals surface area contributed by atoms with Crippen molar-refractivity contribution in [3.8, 4) is 0 Å². The summed E-state index contributed by atoms with van der Waals surface area (Å²) >= 11 is 0. The Bertz CT molecular complexity index is 173. The summed E-state index contributed by atoms with van der Waals surface area (Å²) in [4.78, 5) is 0. The topological polar surface area (TPSA) is 0 Å². The van der Waals surface area contributed by atoms with E-state index in [1.54, 1.807) is 0 Å². The molecule has 0 N–H and O–H groups in total. The van der Waals surface area contributed by atoms with Gasteiger partial charge < -0.3 is 0 Å². The van der Waals surface area contributed by atoms with E-state index < -0.39 is 12.3 Å². The maximum atomic E-state index is 13.2. The number of rotatable bonds is 2. The molecule has 0 aliphatic heterocycles. The zero-order valence-corrected chi connectivity index (χ0v) is 9.43. The molecule has 2 aliphatic carbocycles. The molecule has 2 fully saturated rings. The Kier molecular flexibility index (Phi) is 3.99. The van der Waals surface area contributed by atoms with Crippen molar-refractivity contribution in [2.24, 2.45) is 11.8 Å². The van der Waals surface area contributed by atoms with E-state index in [4.69, 9.17) is 0 Å². The molecule has 0 aromatic carbocycles. The molecule has 0 radical (unpaired) electrons. The lowest BCUT2D eigenvalue weighted by atomic mass is 9.77. The van der Waals surface area contributed by atoms with Gasteiger partial charge in [-0.05, 0) is 43.9 Å². The molecule has 0 aromatic rings. The van der Waals surface area contributed by atoms with E-state index >= 15 is 0 Å². The van der Waals surface area contributed by atoms with E-state index in [0.29, 0.717) is 11.8 Å². The van der Waals surface area contributed by atoms with Gasteiger partial charge in [0.05, 0.1) is 0 Å². The van der Waals surface area contributed by atoms with Crippen LogP contribution in [0.5, 0.6) is 0 Å². The third kappa shape index (κ3) is 3.42. The van der Waals surface area contributed by atoms with Crippen LogP contribution >= 0.6 is 0 Å². The van der Waals surface area contributed by atoms with Crippen LogP contribution in [0.4, 0.5) is 8.78 Å². The first-order valence-electron chi connectivity index (χ1n) is 6.52. The second-order valence-corrected chi connectivity index (χ2v) is 5.50. The Labute approximate surface area is 91.4 Å². The highest BCUT2D eigenvalue weighted by molar-refractivity contribution is 4.79. The average molecular weight is 216 g/mol. The van der Waals surface area contributed by atoms with Crippen molar-refractivity contribution in [1.82, 2.24) is 0 Å². The molecule has 88 valence electrons. The van der Waals surface area contributed by atoms with Crippen LogP contribution in [0.2, 0.25) is 0 Å². The fraction of sp³-hybridized carbons (Fsp3) is 1.00. The number of hydrogen-bond donors (Lipinski definition) is 0. The minimum atomic E-state index is -0.575. The minimum Gasteiger partial charge on any atom is -0.247 e. The fourth-order valence-corrected chi connectivity index (χ4v) is 3.35. The monoisotopic (exact) mass is 216 g/mol. The zero-order chi connectivity index (χ0) is 10.7. The van der Waals surface area contributed by atoms with Gasteiger partial charge in [-0.2, -0.15) is 0 Å². The number of alkyl halides is 2. The van der Waals surface area contributed by atoms with Crippen molar-refractivity contribution in [3.05, 3.63) is 0 Å². The summed E-state index contributed by atoms with van der Waals surface area (Å²) in [7, 11) is 0. The van der Waals surface area contributed by atoms with Crippen LogP contribution in [-0.4, -0.2) is 12.3 Å². The predicted molar refractivity (Wildman–Crippen MR) is 58.3 cm³/mol. The van der Waals surface area contributed by atoms with Crippen LogP contribution in [-0.2, 0) is 0 Å². The largest absolute Gasteiger partial charge is 0.247 e. The molecule has 4 unspecified atom stereocenters. The third-order valence-electron chi connectivity index (χ3n) is 4.10. The molecule has 0 heterocycles. The Balaban J connectivity index is 1.75. The maximum Gasteiger partial charge on any atom is 0.100 e. The Morgan fingerprint density at radius 1 is 0.733 bits per heavy atom. The number of hydrogen-bond acceptors (Lipinski definition) is 0. The zero-order valence-electron chi connectivity index (χ0n) is 9.43. The smallest absolute Gasteiger partial charge is 0.100 e. The van der Waals surface area contributed by atoms with E-state index in [1.165, 1.54) is 12.8 Å². The highest BCUT2D eigenvalue weighted by atomic mass is 19.1. The van der Waals surface area contributed by atoms with Gasteiger partial charge in [0.2, 0.25) is 0 Å². The minimum absolute atomic E-state index is 0.545. The van der Waals surface area contributed by atoms with Gasteiger partial charge in [-0.1, -0.05) is 25.7 Å². The molecule has 0 aromatic heterocycles. The van der Waals surface area contributed by atoms with Gasteiger partial charge in [-0.25, -0.2) is 8.78 Å². The summed E-state index contributed by atoms with van der Waals surface area (Å²) < 4.78 is 26.4. The summed E-state index contributed by atoms with van der Waals surface area (Å²) in [5, 5.41) is 0. The first kappa shape index (κ1) is 11.3. The van der Waals surface area contributed by atoms with E-state index in [1.807, 2.05) is 0 Å². The lowest BCUT2D eigenvalue weighted by molar-refractivity contribution is 0.139. The molecular formula is C13H22F2. The maximum absolute atomic E-state index is 13.2. The predicted octanol–water partition coefficient (Wildman–Crippen LogP) is 4.43. The van der Waals surface area contributed by atoms with Gasteiger partial charge in [0.25, 0.3) is 0 Å². The van der Waals surface area contributed by atoms with Crippen LogP contribution in [0.1, 0.15) is 57.8 Å². The SMILES string of the molecule is FC1CCCC(CC2CCCC(F)C2)C1. The van der Waals surface area contributed by atoms with Gasteiger partial charge in [-0.15, -0.1) is 0 Å². The number of halogens is 2. The molecule has 15 heavy (non-hydrogen) atoms. The van der Waals surface area contributed by atoms with Crippen molar-refractivity contribution in [3.63, 3.8) is 0 Å². The molecule has 2 rings (SSSR count). The molecule has 0 amide bonds. The molecule has 2 saturated carbocycles. The summed E-state index contributed by atoms with van der Waals surface area (Å²) in [5.41, 5.74) is 0.